The minimum Gasteiger partial charge on any atom is -0.339 e. The molecule has 2 saturated heterocycles. The third kappa shape index (κ3) is 3.20. The maximum atomic E-state index is 12.8. The van der Waals surface area contributed by atoms with E-state index in [4.69, 9.17) is 0 Å². The zero-order valence-electron chi connectivity index (χ0n) is 14.9. The number of rotatable bonds is 4. The molecule has 6 heteroatoms. The van der Waals surface area contributed by atoms with Gasteiger partial charge in [-0.25, -0.2) is 0 Å². The van der Waals surface area contributed by atoms with Gasteiger partial charge >= 0.3 is 0 Å². The Morgan fingerprint density at radius 2 is 1.81 bits per heavy atom. The summed E-state index contributed by atoms with van der Waals surface area (Å²) >= 11 is 0. The first kappa shape index (κ1) is 17.1. The van der Waals surface area contributed by atoms with E-state index in [2.05, 4.69) is 5.32 Å². The molecule has 0 aromatic heterocycles. The Labute approximate surface area is 153 Å². The van der Waals surface area contributed by atoms with Gasteiger partial charge in [-0.1, -0.05) is 25.0 Å². The Balaban J connectivity index is 1.45. The van der Waals surface area contributed by atoms with Crippen LogP contribution in [0.3, 0.4) is 0 Å². The van der Waals surface area contributed by atoms with Gasteiger partial charge in [-0.3, -0.25) is 14.4 Å². The third-order valence-corrected chi connectivity index (χ3v) is 5.82. The first-order valence-corrected chi connectivity index (χ1v) is 9.63. The van der Waals surface area contributed by atoms with Crippen LogP contribution in [0.25, 0.3) is 0 Å². The monoisotopic (exact) mass is 355 g/mol. The molecule has 6 nitrogen and oxygen atoms in total. The number of nitrogens with zero attached hydrogens (tertiary/aromatic N) is 2. The van der Waals surface area contributed by atoms with E-state index in [1.807, 2.05) is 29.2 Å². The minimum atomic E-state index is -0.314. The highest BCUT2D eigenvalue weighted by Gasteiger charge is 2.39. The number of carbonyl (C=O) groups excluding carboxylic acids is 3. The van der Waals surface area contributed by atoms with Gasteiger partial charge in [-0.2, -0.15) is 0 Å². The van der Waals surface area contributed by atoms with Crippen molar-refractivity contribution in [2.45, 2.75) is 51.0 Å². The van der Waals surface area contributed by atoms with Crippen molar-refractivity contribution < 1.29 is 14.4 Å². The molecule has 138 valence electrons. The fourth-order valence-electron chi connectivity index (χ4n) is 4.43. The van der Waals surface area contributed by atoms with Crippen molar-refractivity contribution in [3.8, 4) is 0 Å². The molecule has 1 aromatic carbocycles. The summed E-state index contributed by atoms with van der Waals surface area (Å²) in [7, 11) is 0. The number of benzene rings is 1. The van der Waals surface area contributed by atoms with Crippen molar-refractivity contribution in [1.82, 2.24) is 4.90 Å². The second kappa shape index (κ2) is 7.09. The number of hydrogen-bond donors (Lipinski definition) is 1. The van der Waals surface area contributed by atoms with Gasteiger partial charge in [0.05, 0.1) is 17.3 Å². The number of likely N-dealkylation sites (tertiary alicyclic amines) is 1. The molecule has 1 aliphatic carbocycles. The lowest BCUT2D eigenvalue weighted by Gasteiger charge is -2.24. The van der Waals surface area contributed by atoms with E-state index in [0.717, 1.165) is 24.9 Å². The fourth-order valence-corrected chi connectivity index (χ4v) is 4.43. The lowest BCUT2D eigenvalue weighted by Crippen LogP contribution is -2.35. The zero-order valence-corrected chi connectivity index (χ0v) is 14.9. The van der Waals surface area contributed by atoms with Gasteiger partial charge in [0.1, 0.15) is 0 Å². The van der Waals surface area contributed by atoms with Gasteiger partial charge in [0.25, 0.3) is 0 Å². The van der Waals surface area contributed by atoms with Gasteiger partial charge in [0.15, 0.2) is 0 Å². The molecule has 3 fully saturated rings. The van der Waals surface area contributed by atoms with Crippen LogP contribution in [0, 0.1) is 5.92 Å². The van der Waals surface area contributed by atoms with Crippen LogP contribution in [-0.2, 0) is 14.4 Å². The lowest BCUT2D eigenvalue weighted by molar-refractivity contribution is -0.130. The normalized spacial score (nSPS) is 23.9. The van der Waals surface area contributed by atoms with E-state index in [9.17, 15) is 14.4 Å². The summed E-state index contributed by atoms with van der Waals surface area (Å²) in [6, 6.07) is 7.73. The highest BCUT2D eigenvalue weighted by atomic mass is 16.2. The van der Waals surface area contributed by atoms with Crippen molar-refractivity contribution in [3.63, 3.8) is 0 Å². The first-order chi connectivity index (χ1) is 12.6. The van der Waals surface area contributed by atoms with Crippen LogP contribution in [0.4, 0.5) is 11.4 Å². The topological polar surface area (TPSA) is 69.7 Å². The summed E-state index contributed by atoms with van der Waals surface area (Å²) < 4.78 is 0. The molecular weight excluding hydrogens is 330 g/mol. The maximum Gasteiger partial charge on any atom is 0.229 e. The molecule has 2 aliphatic heterocycles. The van der Waals surface area contributed by atoms with E-state index in [1.54, 1.807) is 4.90 Å². The van der Waals surface area contributed by atoms with Crippen molar-refractivity contribution in [3.05, 3.63) is 24.3 Å². The molecule has 26 heavy (non-hydrogen) atoms. The summed E-state index contributed by atoms with van der Waals surface area (Å²) in [5, 5.41) is 2.97. The standard InChI is InChI=1S/C20H25N3O3/c24-18-10-5-11-22(18)17-9-4-3-8-16(17)21-20(26)14-12-19(25)23(13-14)15-6-1-2-7-15/h3-4,8-9,14-15H,1-2,5-7,10-13H2,(H,21,26)/t14-/m1/s1. The van der Waals surface area contributed by atoms with Crippen LogP contribution >= 0.6 is 0 Å². The number of carbonyl (C=O) groups is 3. The smallest absolute Gasteiger partial charge is 0.229 e. The number of nitrogens with one attached hydrogen (secondary N) is 1. The van der Waals surface area contributed by atoms with Crippen LogP contribution in [0.1, 0.15) is 44.9 Å². The second-order valence-electron chi connectivity index (χ2n) is 7.54. The summed E-state index contributed by atoms with van der Waals surface area (Å²) in [5.41, 5.74) is 1.40. The predicted molar refractivity (Wildman–Crippen MR) is 98.7 cm³/mol. The Bertz CT molecular complexity index is 727. The zero-order chi connectivity index (χ0) is 18.1. The molecule has 4 rings (SSSR count). The average molecular weight is 355 g/mol. The Hall–Kier alpha value is -2.37. The summed E-state index contributed by atoms with van der Waals surface area (Å²) in [5.74, 6) is -0.251. The molecule has 0 spiro atoms. The van der Waals surface area contributed by atoms with Crippen molar-refractivity contribution in [2.75, 3.05) is 23.3 Å². The van der Waals surface area contributed by atoms with Gasteiger partial charge in [-0.15, -0.1) is 0 Å². The van der Waals surface area contributed by atoms with Gasteiger partial charge in [0, 0.05) is 32.0 Å². The summed E-state index contributed by atoms with van der Waals surface area (Å²) in [6.07, 6.45) is 6.13. The van der Waals surface area contributed by atoms with Crippen molar-refractivity contribution in [1.29, 1.82) is 0 Å². The van der Waals surface area contributed by atoms with Crippen molar-refractivity contribution >= 4 is 29.1 Å². The van der Waals surface area contributed by atoms with E-state index in [-0.39, 0.29) is 30.1 Å². The fraction of sp³-hybridized carbons (Fsp3) is 0.550. The largest absolute Gasteiger partial charge is 0.339 e. The Kier molecular flexibility index (Phi) is 4.66. The van der Waals surface area contributed by atoms with Crippen LogP contribution < -0.4 is 10.2 Å². The Morgan fingerprint density at radius 3 is 2.54 bits per heavy atom. The SMILES string of the molecule is O=C(Nc1ccccc1N1CCCC1=O)[C@@H]1CC(=O)N(C2CCCC2)C1. The summed E-state index contributed by atoms with van der Waals surface area (Å²) in [6.45, 7) is 1.20. The van der Waals surface area contributed by atoms with E-state index >= 15 is 0 Å². The number of para-hydroxylation sites is 2. The first-order valence-electron chi connectivity index (χ1n) is 9.63. The number of amides is 3. The van der Waals surface area contributed by atoms with Gasteiger partial charge in [0.2, 0.25) is 17.7 Å². The second-order valence-corrected chi connectivity index (χ2v) is 7.54. The molecule has 2 heterocycles. The lowest BCUT2D eigenvalue weighted by atomic mass is 10.1. The minimum absolute atomic E-state index is 0.0927. The van der Waals surface area contributed by atoms with E-state index in [0.29, 0.717) is 31.2 Å². The molecule has 1 saturated carbocycles. The van der Waals surface area contributed by atoms with Crippen LogP contribution in [0.15, 0.2) is 24.3 Å². The molecular formula is C20H25N3O3. The Morgan fingerprint density at radius 1 is 1.04 bits per heavy atom. The van der Waals surface area contributed by atoms with Crippen molar-refractivity contribution in [2.24, 2.45) is 5.92 Å². The molecule has 0 bridgehead atoms. The molecule has 0 radical (unpaired) electrons. The van der Waals surface area contributed by atoms with Crippen LogP contribution in [-0.4, -0.2) is 41.8 Å². The molecule has 3 amide bonds. The maximum absolute atomic E-state index is 12.8. The summed E-state index contributed by atoms with van der Waals surface area (Å²) in [4.78, 5) is 40.8. The highest BCUT2D eigenvalue weighted by Crippen LogP contribution is 2.32. The molecule has 3 aliphatic rings. The molecule has 0 unspecified atom stereocenters. The molecule has 1 N–H and O–H groups in total. The number of hydrogen-bond acceptors (Lipinski definition) is 3. The highest BCUT2D eigenvalue weighted by molar-refractivity contribution is 6.03. The van der Waals surface area contributed by atoms with E-state index < -0.39 is 0 Å². The predicted octanol–water partition coefficient (Wildman–Crippen LogP) is 2.54. The van der Waals surface area contributed by atoms with E-state index in [1.165, 1.54) is 12.8 Å². The van der Waals surface area contributed by atoms with Gasteiger partial charge < -0.3 is 15.1 Å². The third-order valence-electron chi connectivity index (χ3n) is 5.82. The quantitative estimate of drug-likeness (QED) is 0.902. The van der Waals surface area contributed by atoms with Gasteiger partial charge in [-0.05, 0) is 31.4 Å². The molecule has 1 atom stereocenters. The number of anilines is 2. The average Bonchev–Trinajstić information content (AvgIpc) is 3.36. The van der Waals surface area contributed by atoms with Crippen LogP contribution in [0.2, 0.25) is 0 Å². The molecule has 1 aromatic rings. The van der Waals surface area contributed by atoms with Crippen LogP contribution in [0.5, 0.6) is 0 Å².